The van der Waals surface area contributed by atoms with Gasteiger partial charge in [-0.05, 0) is 44.5 Å². The van der Waals surface area contributed by atoms with E-state index in [1.54, 1.807) is 7.11 Å². The Hall–Kier alpha value is -1.70. The van der Waals surface area contributed by atoms with Crippen LogP contribution in [-0.2, 0) is 0 Å². The molecule has 0 aromatic heterocycles. The fourth-order valence-electron chi connectivity index (χ4n) is 1.69. The van der Waals surface area contributed by atoms with Crippen LogP contribution in [0.1, 0.15) is 27.2 Å². The third-order valence-electron chi connectivity index (χ3n) is 2.53. The summed E-state index contributed by atoms with van der Waals surface area (Å²) in [5.41, 5.74) is 2.38. The van der Waals surface area contributed by atoms with E-state index >= 15 is 0 Å². The number of nitrogens with zero attached hydrogens (tertiary/aromatic N) is 1. The number of methoxy groups -OCH3 is 1. The van der Waals surface area contributed by atoms with Gasteiger partial charge in [0.25, 0.3) is 0 Å². The van der Waals surface area contributed by atoms with Crippen molar-refractivity contribution in [2.75, 3.05) is 12.0 Å². The Morgan fingerprint density at radius 3 is 2.41 bits per heavy atom. The van der Waals surface area contributed by atoms with Gasteiger partial charge in [-0.2, -0.15) is 0 Å². The smallest absolute Gasteiger partial charge is 0.119 e. The van der Waals surface area contributed by atoms with Crippen LogP contribution in [0.25, 0.3) is 0 Å². The van der Waals surface area contributed by atoms with Crippen molar-refractivity contribution in [3.63, 3.8) is 0 Å². The molecule has 2 heteroatoms. The number of allylic oxidation sites excluding steroid dienone is 3. The van der Waals surface area contributed by atoms with Gasteiger partial charge in [0.2, 0.25) is 0 Å². The van der Waals surface area contributed by atoms with E-state index in [2.05, 4.69) is 43.2 Å². The lowest BCUT2D eigenvalue weighted by Crippen LogP contribution is -2.12. The Labute approximate surface area is 104 Å². The number of benzene rings is 1. The summed E-state index contributed by atoms with van der Waals surface area (Å²) < 4.78 is 5.17. The topological polar surface area (TPSA) is 12.5 Å². The number of hydrogen-bond donors (Lipinski definition) is 0. The molecule has 0 amide bonds. The molecule has 1 aromatic carbocycles. The summed E-state index contributed by atoms with van der Waals surface area (Å²) in [6.45, 7) is 6.29. The number of hydrogen-bond acceptors (Lipinski definition) is 2. The van der Waals surface area contributed by atoms with Crippen molar-refractivity contribution in [1.29, 1.82) is 0 Å². The van der Waals surface area contributed by atoms with Gasteiger partial charge in [0.05, 0.1) is 7.11 Å². The van der Waals surface area contributed by atoms with Gasteiger partial charge >= 0.3 is 0 Å². The molecule has 1 rings (SSSR count). The van der Waals surface area contributed by atoms with Crippen LogP contribution in [-0.4, -0.2) is 7.11 Å². The first-order chi connectivity index (χ1) is 8.22. The van der Waals surface area contributed by atoms with Crippen molar-refractivity contribution in [2.24, 2.45) is 0 Å². The summed E-state index contributed by atoms with van der Waals surface area (Å²) in [5, 5.41) is 0. The SMILES string of the molecule is C/C=C\N(/C(C)=C/CC)c1ccc(OC)cc1. The van der Waals surface area contributed by atoms with E-state index in [0.29, 0.717) is 0 Å². The highest BCUT2D eigenvalue weighted by Crippen LogP contribution is 2.23. The third kappa shape index (κ3) is 3.66. The molecule has 92 valence electrons. The van der Waals surface area contributed by atoms with Crippen LogP contribution in [0.3, 0.4) is 0 Å². The fourth-order valence-corrected chi connectivity index (χ4v) is 1.69. The number of ether oxygens (including phenoxy) is 1. The summed E-state index contributed by atoms with van der Waals surface area (Å²) in [6.07, 6.45) is 7.36. The number of anilines is 1. The first kappa shape index (κ1) is 13.4. The van der Waals surface area contributed by atoms with Crippen LogP contribution >= 0.6 is 0 Å². The first-order valence-corrected chi connectivity index (χ1v) is 5.95. The van der Waals surface area contributed by atoms with Gasteiger partial charge in [-0.25, -0.2) is 0 Å². The van der Waals surface area contributed by atoms with Crippen LogP contribution in [0.4, 0.5) is 5.69 Å². The van der Waals surface area contributed by atoms with Crippen molar-refractivity contribution in [1.82, 2.24) is 0 Å². The zero-order chi connectivity index (χ0) is 12.7. The monoisotopic (exact) mass is 231 g/mol. The lowest BCUT2D eigenvalue weighted by atomic mass is 10.2. The molecule has 0 aliphatic carbocycles. The zero-order valence-electron chi connectivity index (χ0n) is 11.1. The van der Waals surface area contributed by atoms with Crippen molar-refractivity contribution in [2.45, 2.75) is 27.2 Å². The molecular formula is C15H21NO. The Bertz CT molecular complexity index is 390. The van der Waals surface area contributed by atoms with Crippen LogP contribution in [0.15, 0.2) is 48.3 Å². The Morgan fingerprint density at radius 1 is 1.29 bits per heavy atom. The van der Waals surface area contributed by atoms with Gasteiger partial charge in [-0.1, -0.05) is 19.1 Å². The molecule has 0 saturated heterocycles. The highest BCUT2D eigenvalue weighted by Gasteiger charge is 2.04. The predicted octanol–water partition coefficient (Wildman–Crippen LogP) is 4.35. The number of rotatable bonds is 5. The molecule has 0 spiro atoms. The molecular weight excluding hydrogens is 210 g/mol. The van der Waals surface area contributed by atoms with Gasteiger partial charge in [0.1, 0.15) is 5.75 Å². The summed E-state index contributed by atoms with van der Waals surface area (Å²) >= 11 is 0. The molecule has 2 nitrogen and oxygen atoms in total. The van der Waals surface area contributed by atoms with Gasteiger partial charge in [-0.3, -0.25) is 0 Å². The molecule has 0 heterocycles. The van der Waals surface area contributed by atoms with Gasteiger partial charge in [0, 0.05) is 17.6 Å². The minimum Gasteiger partial charge on any atom is -0.497 e. The second-order valence-electron chi connectivity index (χ2n) is 3.80. The van der Waals surface area contributed by atoms with E-state index in [1.165, 1.54) is 5.70 Å². The second-order valence-corrected chi connectivity index (χ2v) is 3.80. The minimum atomic E-state index is 0.881. The van der Waals surface area contributed by atoms with E-state index < -0.39 is 0 Å². The van der Waals surface area contributed by atoms with E-state index in [0.717, 1.165) is 17.9 Å². The predicted molar refractivity (Wildman–Crippen MR) is 74.3 cm³/mol. The molecule has 0 unspecified atom stereocenters. The average Bonchev–Trinajstić information content (AvgIpc) is 2.36. The molecule has 0 saturated carbocycles. The van der Waals surface area contributed by atoms with Gasteiger partial charge < -0.3 is 9.64 Å². The van der Waals surface area contributed by atoms with Gasteiger partial charge in [0.15, 0.2) is 0 Å². The standard InChI is InChI=1S/C15H21NO/c1-5-7-13(3)16(12-6-2)14-8-10-15(17-4)11-9-14/h6-12H,5H2,1-4H3/b12-6-,13-7+. The molecule has 0 radical (unpaired) electrons. The van der Waals surface area contributed by atoms with Crippen molar-refractivity contribution >= 4 is 5.69 Å². The van der Waals surface area contributed by atoms with E-state index in [1.807, 2.05) is 25.1 Å². The second kappa shape index (κ2) is 6.79. The fraction of sp³-hybridized carbons (Fsp3) is 0.333. The Morgan fingerprint density at radius 2 is 1.94 bits per heavy atom. The summed E-state index contributed by atoms with van der Waals surface area (Å²) in [7, 11) is 1.68. The van der Waals surface area contributed by atoms with E-state index in [4.69, 9.17) is 4.74 Å². The molecule has 0 aliphatic heterocycles. The molecule has 1 aromatic rings. The highest BCUT2D eigenvalue weighted by atomic mass is 16.5. The van der Waals surface area contributed by atoms with Gasteiger partial charge in [-0.15, -0.1) is 0 Å². The zero-order valence-corrected chi connectivity index (χ0v) is 11.1. The molecule has 0 fully saturated rings. The first-order valence-electron chi connectivity index (χ1n) is 5.95. The van der Waals surface area contributed by atoms with Crippen molar-refractivity contribution in [3.8, 4) is 5.75 Å². The molecule has 0 bridgehead atoms. The third-order valence-corrected chi connectivity index (χ3v) is 2.53. The summed E-state index contributed by atoms with van der Waals surface area (Å²) in [5.74, 6) is 0.881. The maximum Gasteiger partial charge on any atom is 0.119 e. The normalized spacial score (nSPS) is 11.9. The molecule has 0 N–H and O–H groups in total. The Balaban J connectivity index is 3.01. The lowest BCUT2D eigenvalue weighted by molar-refractivity contribution is 0.415. The van der Waals surface area contributed by atoms with Crippen molar-refractivity contribution in [3.05, 3.63) is 48.3 Å². The van der Waals surface area contributed by atoms with Crippen LogP contribution in [0.5, 0.6) is 5.75 Å². The van der Waals surface area contributed by atoms with Crippen LogP contribution in [0.2, 0.25) is 0 Å². The molecule has 17 heavy (non-hydrogen) atoms. The van der Waals surface area contributed by atoms with Crippen molar-refractivity contribution < 1.29 is 4.74 Å². The van der Waals surface area contributed by atoms with Crippen LogP contribution in [0, 0.1) is 0 Å². The van der Waals surface area contributed by atoms with Crippen LogP contribution < -0.4 is 9.64 Å². The highest BCUT2D eigenvalue weighted by molar-refractivity contribution is 5.56. The minimum absolute atomic E-state index is 0.881. The largest absolute Gasteiger partial charge is 0.497 e. The lowest BCUT2D eigenvalue weighted by Gasteiger charge is -2.21. The maximum atomic E-state index is 5.17. The molecule has 0 atom stereocenters. The Kier molecular flexibility index (Phi) is 5.34. The molecule has 0 aliphatic rings. The average molecular weight is 231 g/mol. The summed E-state index contributed by atoms with van der Waals surface area (Å²) in [6, 6.07) is 8.08. The quantitative estimate of drug-likeness (QED) is 0.747. The van der Waals surface area contributed by atoms with E-state index in [9.17, 15) is 0 Å². The van der Waals surface area contributed by atoms with E-state index in [-0.39, 0.29) is 0 Å². The maximum absolute atomic E-state index is 5.17. The summed E-state index contributed by atoms with van der Waals surface area (Å²) in [4.78, 5) is 2.17.